The van der Waals surface area contributed by atoms with Gasteiger partial charge in [0.25, 0.3) is 0 Å². The number of ether oxygens (including phenoxy) is 4. The molecule has 0 aliphatic carbocycles. The second-order valence-corrected chi connectivity index (χ2v) is 30.0. The van der Waals surface area contributed by atoms with Gasteiger partial charge in [-0.05, 0) is 69.1 Å². The molecule has 92 heavy (non-hydrogen) atoms. The highest BCUT2D eigenvalue weighted by atomic mass is 31.2. The van der Waals surface area contributed by atoms with Gasteiger partial charge in [-0.2, -0.15) is 0 Å². The minimum absolute atomic E-state index is 0.0846. The zero-order valence-corrected chi connectivity index (χ0v) is 61.3. The lowest BCUT2D eigenvalue weighted by molar-refractivity contribution is -0.161. The molecular weight excluding hydrogens is 1210 g/mol. The van der Waals surface area contributed by atoms with E-state index in [1.54, 1.807) is 0 Å². The van der Waals surface area contributed by atoms with Crippen LogP contribution in [0.2, 0.25) is 0 Å². The molecule has 0 radical (unpaired) electrons. The number of carbonyl (C=O) groups is 4. The molecule has 17 nitrogen and oxygen atoms in total. The van der Waals surface area contributed by atoms with Crippen LogP contribution >= 0.6 is 15.6 Å². The lowest BCUT2D eigenvalue weighted by atomic mass is 10.0. The van der Waals surface area contributed by atoms with E-state index < -0.39 is 97.5 Å². The van der Waals surface area contributed by atoms with Crippen LogP contribution in [0.25, 0.3) is 0 Å². The molecule has 0 rings (SSSR count). The predicted octanol–water partition coefficient (Wildman–Crippen LogP) is 20.6. The fourth-order valence-corrected chi connectivity index (χ4v) is 12.1. The number of esters is 4. The van der Waals surface area contributed by atoms with Crippen LogP contribution in [0.3, 0.4) is 0 Å². The largest absolute Gasteiger partial charge is 0.472 e. The highest BCUT2D eigenvalue weighted by Crippen LogP contribution is 2.45. The molecular formula is C73H138O17P2. The summed E-state index contributed by atoms with van der Waals surface area (Å²) in [5, 5.41) is 10.6. The predicted molar refractivity (Wildman–Crippen MR) is 372 cm³/mol. The van der Waals surface area contributed by atoms with E-state index in [0.717, 1.165) is 121 Å². The Balaban J connectivity index is 5.28. The molecule has 2 unspecified atom stereocenters. The van der Waals surface area contributed by atoms with E-state index in [9.17, 15) is 43.2 Å². The van der Waals surface area contributed by atoms with Crippen LogP contribution in [0.5, 0.6) is 0 Å². The average molecular weight is 1350 g/mol. The Morgan fingerprint density at radius 3 is 0.880 bits per heavy atom. The molecule has 0 amide bonds. The molecule has 0 bridgehead atoms. The van der Waals surface area contributed by atoms with Gasteiger partial charge in [-0.15, -0.1) is 0 Å². The molecule has 0 aromatic rings. The number of aliphatic hydroxyl groups excluding tert-OH is 1. The van der Waals surface area contributed by atoms with Gasteiger partial charge in [0.15, 0.2) is 12.2 Å². The summed E-state index contributed by atoms with van der Waals surface area (Å²) in [6, 6.07) is 0. The maximum atomic E-state index is 13.0. The lowest BCUT2D eigenvalue weighted by Crippen LogP contribution is -2.30. The highest BCUT2D eigenvalue weighted by molar-refractivity contribution is 7.47. The van der Waals surface area contributed by atoms with Crippen molar-refractivity contribution < 1.29 is 80.2 Å². The Bertz CT molecular complexity index is 1890. The number of allylic oxidation sites excluding steroid dienone is 4. The second-order valence-electron chi connectivity index (χ2n) is 27.1. The summed E-state index contributed by atoms with van der Waals surface area (Å²) in [7, 11) is -9.92. The van der Waals surface area contributed by atoms with Gasteiger partial charge in [0.05, 0.1) is 26.4 Å². The highest BCUT2D eigenvalue weighted by Gasteiger charge is 2.30. The first-order valence-corrected chi connectivity index (χ1v) is 40.2. The van der Waals surface area contributed by atoms with Gasteiger partial charge in [-0.25, -0.2) is 9.13 Å². The van der Waals surface area contributed by atoms with Gasteiger partial charge >= 0.3 is 39.5 Å². The van der Waals surface area contributed by atoms with E-state index in [2.05, 4.69) is 72.8 Å². The van der Waals surface area contributed by atoms with Crippen LogP contribution in [-0.4, -0.2) is 96.7 Å². The molecule has 0 aromatic heterocycles. The fraction of sp³-hybridized carbons (Fsp3) is 0.890. The molecule has 3 N–H and O–H groups in total. The van der Waals surface area contributed by atoms with E-state index in [0.29, 0.717) is 31.6 Å². The first-order valence-electron chi connectivity index (χ1n) is 37.2. The third kappa shape index (κ3) is 66.2. The van der Waals surface area contributed by atoms with Crippen molar-refractivity contribution >= 4 is 39.5 Å². The number of carbonyl (C=O) groups excluding carboxylic acids is 4. The summed E-state index contributed by atoms with van der Waals surface area (Å²) in [5.74, 6) is 0.0461. The van der Waals surface area contributed by atoms with Crippen molar-refractivity contribution in [2.75, 3.05) is 39.6 Å². The van der Waals surface area contributed by atoms with E-state index in [1.807, 2.05) is 0 Å². The Morgan fingerprint density at radius 2 is 0.587 bits per heavy atom. The molecule has 5 atom stereocenters. The number of phosphoric acid groups is 2. The zero-order valence-electron chi connectivity index (χ0n) is 59.5. The van der Waals surface area contributed by atoms with Gasteiger partial charge in [-0.1, -0.05) is 291 Å². The van der Waals surface area contributed by atoms with Crippen molar-refractivity contribution in [2.24, 2.45) is 17.8 Å². The summed E-state index contributed by atoms with van der Waals surface area (Å²) in [5.41, 5.74) is 0. The maximum Gasteiger partial charge on any atom is 0.472 e. The van der Waals surface area contributed by atoms with Crippen LogP contribution in [-0.2, 0) is 65.4 Å². The minimum atomic E-state index is -4.96. The molecule has 0 aliphatic heterocycles. The Morgan fingerprint density at radius 1 is 0.337 bits per heavy atom. The minimum Gasteiger partial charge on any atom is -0.462 e. The van der Waals surface area contributed by atoms with Gasteiger partial charge in [0.2, 0.25) is 0 Å². The summed E-state index contributed by atoms with van der Waals surface area (Å²) in [6.07, 6.45) is 50.9. The number of phosphoric ester groups is 2. The number of aliphatic hydroxyl groups is 1. The average Bonchev–Trinajstić information content (AvgIpc) is 1.83. The van der Waals surface area contributed by atoms with Gasteiger partial charge in [-0.3, -0.25) is 37.3 Å². The van der Waals surface area contributed by atoms with Crippen molar-refractivity contribution in [3.8, 4) is 0 Å². The molecule has 0 fully saturated rings. The quantitative estimate of drug-likeness (QED) is 0.0169. The van der Waals surface area contributed by atoms with Crippen molar-refractivity contribution in [1.29, 1.82) is 0 Å². The van der Waals surface area contributed by atoms with E-state index in [4.69, 9.17) is 37.0 Å². The summed E-state index contributed by atoms with van der Waals surface area (Å²) in [4.78, 5) is 72.6. The Kier molecular flexibility index (Phi) is 61.6. The fourth-order valence-electron chi connectivity index (χ4n) is 10.5. The number of hydrogen-bond acceptors (Lipinski definition) is 15. The molecule has 0 aromatic carbocycles. The smallest absolute Gasteiger partial charge is 0.462 e. The van der Waals surface area contributed by atoms with Crippen molar-refractivity contribution in [1.82, 2.24) is 0 Å². The monoisotopic (exact) mass is 1350 g/mol. The van der Waals surface area contributed by atoms with Crippen LogP contribution in [0, 0.1) is 17.8 Å². The number of unbranched alkanes of at least 4 members (excludes halogenated alkanes) is 34. The molecule has 0 saturated heterocycles. The van der Waals surface area contributed by atoms with E-state index in [1.165, 1.54) is 135 Å². The standard InChI is InChI=1S/C73H138O17P2/c1-8-9-10-11-12-13-14-15-16-19-23-28-33-42-49-56-72(77)89-68(60-83-70(75)54-47-40-32-27-22-20-17-18-21-25-30-37-44-51-64(2)3)62-87-91(79,80)85-58-67(74)59-86-92(81,82)88-63-69(61-84-71(76)55-48-41-36-35-39-46-53-66(6)7)90-73(78)57-50-43-34-29-24-26-31-38-45-52-65(4)5/h13-16,64-69,74H,8-12,17-63H2,1-7H3,(H,79,80)(H,81,82)/b14-13-,16-15-/t67-,68-,69-/m1/s1. The van der Waals surface area contributed by atoms with Gasteiger partial charge in [0.1, 0.15) is 19.3 Å². The number of rotatable bonds is 69. The molecule has 19 heteroatoms. The van der Waals surface area contributed by atoms with Crippen LogP contribution in [0.4, 0.5) is 0 Å². The van der Waals surface area contributed by atoms with Crippen LogP contribution < -0.4 is 0 Å². The summed E-state index contributed by atoms with van der Waals surface area (Å²) >= 11 is 0. The Hall–Kier alpha value is -2.46. The van der Waals surface area contributed by atoms with Crippen molar-refractivity contribution in [3.05, 3.63) is 24.3 Å². The van der Waals surface area contributed by atoms with Gasteiger partial charge in [0, 0.05) is 25.7 Å². The van der Waals surface area contributed by atoms with Gasteiger partial charge < -0.3 is 33.8 Å². The first-order chi connectivity index (χ1) is 44.2. The maximum absolute atomic E-state index is 13.0. The topological polar surface area (TPSA) is 237 Å². The zero-order chi connectivity index (χ0) is 68.0. The third-order valence-corrected chi connectivity index (χ3v) is 18.2. The molecule has 0 heterocycles. The Labute approximate surface area is 561 Å². The normalized spacial score (nSPS) is 14.3. The molecule has 0 aliphatic rings. The second kappa shape index (κ2) is 63.3. The molecule has 542 valence electrons. The first kappa shape index (κ1) is 89.5. The van der Waals surface area contributed by atoms with Crippen molar-refractivity contribution in [3.63, 3.8) is 0 Å². The SMILES string of the molecule is CCCCCC/C=C\C=C/CCCCCCCC(=O)O[C@H](COC(=O)CCCCCCCCCCCCCCCC(C)C)COP(=O)(O)OC[C@@H](O)COP(=O)(O)OC[C@@H](COC(=O)CCCCCCCCC(C)C)OC(=O)CCCCCCCCCCCC(C)C. The lowest BCUT2D eigenvalue weighted by Gasteiger charge is -2.21. The van der Waals surface area contributed by atoms with E-state index >= 15 is 0 Å². The van der Waals surface area contributed by atoms with Crippen LogP contribution in [0.1, 0.15) is 344 Å². The molecule has 0 saturated carbocycles. The van der Waals surface area contributed by atoms with Crippen molar-refractivity contribution in [2.45, 2.75) is 362 Å². The summed E-state index contributed by atoms with van der Waals surface area (Å²) < 4.78 is 68.3. The number of hydrogen-bond donors (Lipinski definition) is 3. The summed E-state index contributed by atoms with van der Waals surface area (Å²) in [6.45, 7) is 11.7. The van der Waals surface area contributed by atoms with Crippen LogP contribution in [0.15, 0.2) is 24.3 Å². The third-order valence-electron chi connectivity index (χ3n) is 16.3. The molecule has 0 spiro atoms. The van der Waals surface area contributed by atoms with E-state index in [-0.39, 0.29) is 25.7 Å².